The number of nitrogens with zero attached hydrogens (tertiary/aromatic N) is 1. The zero-order valence-corrected chi connectivity index (χ0v) is 13.0. The van der Waals surface area contributed by atoms with E-state index in [1.165, 1.54) is 13.2 Å². The first-order valence-electron chi connectivity index (χ1n) is 7.38. The van der Waals surface area contributed by atoms with Crippen LogP contribution in [0.2, 0.25) is 0 Å². The van der Waals surface area contributed by atoms with E-state index in [1.807, 2.05) is 13.8 Å². The molecule has 1 aliphatic heterocycles. The molecule has 2 N–H and O–H groups in total. The number of methoxy groups -OCH3 is 1. The molecule has 0 aromatic heterocycles. The predicted octanol–water partition coefficient (Wildman–Crippen LogP) is 1.80. The second-order valence-corrected chi connectivity index (χ2v) is 6.23. The predicted molar refractivity (Wildman–Crippen MR) is 81.0 cm³/mol. The minimum Gasteiger partial charge on any atom is -0.494 e. The monoisotopic (exact) mass is 296 g/mol. The molecule has 0 saturated carbocycles. The summed E-state index contributed by atoms with van der Waals surface area (Å²) >= 11 is 0. The maximum Gasteiger partial charge on any atom is 0.165 e. The molecule has 118 valence electrons. The lowest BCUT2D eigenvalue weighted by Crippen LogP contribution is -2.49. The molecule has 2 rings (SSSR count). The van der Waals surface area contributed by atoms with E-state index in [4.69, 9.17) is 4.74 Å². The molecule has 1 atom stereocenters. The van der Waals surface area contributed by atoms with Crippen molar-refractivity contribution in [1.29, 1.82) is 0 Å². The Kier molecular flexibility index (Phi) is 5.19. The molecule has 1 heterocycles. The number of piperazine rings is 1. The third kappa shape index (κ3) is 3.54. The first-order valence-corrected chi connectivity index (χ1v) is 7.38. The standard InChI is InChI=1S/C16H25FN2O2/c1-16(2,11-20)15(19-8-6-18-7-9-19)12-4-5-13(17)14(10-12)21-3/h4-5,10,15,18,20H,6-9,11H2,1-3H3/t15-/m0/s1. The minimum atomic E-state index is -0.359. The number of hydrogen-bond acceptors (Lipinski definition) is 4. The van der Waals surface area contributed by atoms with Gasteiger partial charge in [-0.15, -0.1) is 0 Å². The number of aliphatic hydroxyl groups is 1. The fourth-order valence-corrected chi connectivity index (χ4v) is 3.03. The molecule has 5 heteroatoms. The van der Waals surface area contributed by atoms with Crippen molar-refractivity contribution in [1.82, 2.24) is 10.2 Å². The van der Waals surface area contributed by atoms with Crippen molar-refractivity contribution in [3.63, 3.8) is 0 Å². The number of aliphatic hydroxyl groups excluding tert-OH is 1. The SMILES string of the molecule is COc1cc([C@H](N2CCNCC2)C(C)(C)CO)ccc1F. The number of hydrogen-bond donors (Lipinski definition) is 2. The highest BCUT2D eigenvalue weighted by Crippen LogP contribution is 2.39. The molecular weight excluding hydrogens is 271 g/mol. The molecule has 0 amide bonds. The van der Waals surface area contributed by atoms with Crippen LogP contribution in [0.4, 0.5) is 4.39 Å². The van der Waals surface area contributed by atoms with Gasteiger partial charge in [-0.05, 0) is 17.7 Å². The molecule has 0 spiro atoms. The van der Waals surface area contributed by atoms with Crippen molar-refractivity contribution in [3.8, 4) is 5.75 Å². The maximum absolute atomic E-state index is 13.7. The Morgan fingerprint density at radius 1 is 1.38 bits per heavy atom. The van der Waals surface area contributed by atoms with Gasteiger partial charge in [-0.2, -0.15) is 0 Å². The average molecular weight is 296 g/mol. The van der Waals surface area contributed by atoms with Crippen molar-refractivity contribution in [3.05, 3.63) is 29.6 Å². The summed E-state index contributed by atoms with van der Waals surface area (Å²) in [6.07, 6.45) is 0. The Balaban J connectivity index is 2.38. The van der Waals surface area contributed by atoms with Gasteiger partial charge in [-0.25, -0.2) is 4.39 Å². The summed E-state index contributed by atoms with van der Waals surface area (Å²) < 4.78 is 18.8. The smallest absolute Gasteiger partial charge is 0.165 e. The average Bonchev–Trinajstić information content (AvgIpc) is 2.50. The van der Waals surface area contributed by atoms with Gasteiger partial charge >= 0.3 is 0 Å². The van der Waals surface area contributed by atoms with Gasteiger partial charge in [-0.1, -0.05) is 19.9 Å². The first-order chi connectivity index (χ1) is 9.99. The van der Waals surface area contributed by atoms with Crippen LogP contribution < -0.4 is 10.1 Å². The van der Waals surface area contributed by atoms with Gasteiger partial charge in [0.1, 0.15) is 0 Å². The lowest BCUT2D eigenvalue weighted by Gasteiger charge is -2.43. The Labute approximate surface area is 125 Å². The van der Waals surface area contributed by atoms with E-state index in [9.17, 15) is 9.50 Å². The van der Waals surface area contributed by atoms with Crippen molar-refractivity contribution >= 4 is 0 Å². The third-order valence-electron chi connectivity index (χ3n) is 4.16. The van der Waals surface area contributed by atoms with Crippen molar-refractivity contribution in [2.24, 2.45) is 5.41 Å². The molecule has 1 aromatic rings. The van der Waals surface area contributed by atoms with Gasteiger partial charge in [0, 0.05) is 44.2 Å². The zero-order valence-electron chi connectivity index (χ0n) is 13.0. The molecule has 1 aliphatic rings. The van der Waals surface area contributed by atoms with Crippen LogP contribution in [0.3, 0.4) is 0 Å². The van der Waals surface area contributed by atoms with Crippen LogP contribution in [-0.4, -0.2) is 49.9 Å². The van der Waals surface area contributed by atoms with Crippen LogP contribution in [0, 0.1) is 11.2 Å². The van der Waals surface area contributed by atoms with Gasteiger partial charge in [0.15, 0.2) is 11.6 Å². The fraction of sp³-hybridized carbons (Fsp3) is 0.625. The van der Waals surface area contributed by atoms with E-state index < -0.39 is 0 Å². The Bertz CT molecular complexity index is 473. The summed E-state index contributed by atoms with van der Waals surface area (Å²) in [5.41, 5.74) is 0.661. The number of rotatable bonds is 5. The van der Waals surface area contributed by atoms with Gasteiger partial charge < -0.3 is 15.2 Å². The van der Waals surface area contributed by atoms with Crippen LogP contribution in [0.25, 0.3) is 0 Å². The van der Waals surface area contributed by atoms with E-state index in [1.54, 1.807) is 12.1 Å². The fourth-order valence-electron chi connectivity index (χ4n) is 3.03. The molecule has 4 nitrogen and oxygen atoms in total. The second kappa shape index (κ2) is 6.73. The largest absolute Gasteiger partial charge is 0.494 e. The van der Waals surface area contributed by atoms with E-state index >= 15 is 0 Å². The van der Waals surface area contributed by atoms with E-state index in [2.05, 4.69) is 10.2 Å². The first kappa shape index (κ1) is 16.2. The highest BCUT2D eigenvalue weighted by molar-refractivity contribution is 5.33. The summed E-state index contributed by atoms with van der Waals surface area (Å²) in [4.78, 5) is 2.35. The van der Waals surface area contributed by atoms with Gasteiger partial charge in [0.05, 0.1) is 7.11 Å². The Hall–Kier alpha value is -1.17. The Morgan fingerprint density at radius 3 is 2.62 bits per heavy atom. The molecule has 1 fully saturated rings. The maximum atomic E-state index is 13.7. The molecule has 0 radical (unpaired) electrons. The summed E-state index contributed by atoms with van der Waals surface area (Å²) in [6, 6.07) is 5.01. The molecule has 1 saturated heterocycles. The highest BCUT2D eigenvalue weighted by atomic mass is 19.1. The van der Waals surface area contributed by atoms with E-state index in [0.29, 0.717) is 0 Å². The summed E-state index contributed by atoms with van der Waals surface area (Å²) in [6.45, 7) is 7.82. The van der Waals surface area contributed by atoms with Crippen LogP contribution >= 0.6 is 0 Å². The van der Waals surface area contributed by atoms with Crippen molar-refractivity contribution in [2.45, 2.75) is 19.9 Å². The summed E-state index contributed by atoms with van der Waals surface area (Å²) in [5.74, 6) is -0.108. The van der Waals surface area contributed by atoms with E-state index in [0.717, 1.165) is 31.7 Å². The Morgan fingerprint density at radius 2 is 2.05 bits per heavy atom. The number of benzene rings is 1. The molecule has 0 unspecified atom stereocenters. The normalized spacial score (nSPS) is 18.5. The molecule has 21 heavy (non-hydrogen) atoms. The van der Waals surface area contributed by atoms with Gasteiger partial charge in [-0.3, -0.25) is 4.90 Å². The van der Waals surface area contributed by atoms with Gasteiger partial charge in [0.25, 0.3) is 0 Å². The number of nitrogens with one attached hydrogen (secondary N) is 1. The number of halogens is 1. The summed E-state index contributed by atoms with van der Waals surface area (Å²) in [5, 5.41) is 13.1. The minimum absolute atomic E-state index is 0.0269. The molecule has 1 aromatic carbocycles. The van der Waals surface area contributed by atoms with Crippen molar-refractivity contribution in [2.75, 3.05) is 39.9 Å². The van der Waals surface area contributed by atoms with Crippen molar-refractivity contribution < 1.29 is 14.2 Å². The molecule has 0 bridgehead atoms. The highest BCUT2D eigenvalue weighted by Gasteiger charge is 2.36. The van der Waals surface area contributed by atoms with Crippen LogP contribution in [-0.2, 0) is 0 Å². The summed E-state index contributed by atoms with van der Waals surface area (Å²) in [7, 11) is 1.47. The van der Waals surface area contributed by atoms with E-state index in [-0.39, 0.29) is 29.6 Å². The lowest BCUT2D eigenvalue weighted by atomic mass is 9.79. The topological polar surface area (TPSA) is 44.7 Å². The molecular formula is C16H25FN2O2. The zero-order chi connectivity index (χ0) is 15.5. The third-order valence-corrected chi connectivity index (χ3v) is 4.16. The van der Waals surface area contributed by atoms with Crippen LogP contribution in [0.1, 0.15) is 25.5 Å². The van der Waals surface area contributed by atoms with Crippen LogP contribution in [0.5, 0.6) is 5.75 Å². The molecule has 0 aliphatic carbocycles. The van der Waals surface area contributed by atoms with Crippen LogP contribution in [0.15, 0.2) is 18.2 Å². The van der Waals surface area contributed by atoms with Gasteiger partial charge in [0.2, 0.25) is 0 Å². The lowest BCUT2D eigenvalue weighted by molar-refractivity contribution is 0.0304. The quantitative estimate of drug-likeness (QED) is 0.870. The number of ether oxygens (including phenoxy) is 1. The second-order valence-electron chi connectivity index (χ2n) is 6.23.